The molecule has 2 aromatic heterocycles. The van der Waals surface area contributed by atoms with Crippen molar-refractivity contribution in [1.29, 1.82) is 0 Å². The molecule has 2 heterocycles. The molecule has 0 aliphatic carbocycles. The lowest BCUT2D eigenvalue weighted by molar-refractivity contribution is -0.125. The molecule has 2 rings (SSSR count). The highest BCUT2D eigenvalue weighted by Gasteiger charge is 2.33. The molecule has 0 unspecified atom stereocenters. The van der Waals surface area contributed by atoms with Gasteiger partial charge >= 0.3 is 0 Å². The quantitative estimate of drug-likeness (QED) is 0.836. The van der Waals surface area contributed by atoms with Crippen LogP contribution in [0.25, 0.3) is 5.82 Å². The zero-order chi connectivity index (χ0) is 15.3. The van der Waals surface area contributed by atoms with Gasteiger partial charge in [0, 0.05) is 12.7 Å². The fraction of sp³-hybridized carbons (Fsp3) is 0.429. The van der Waals surface area contributed by atoms with E-state index in [1.54, 1.807) is 18.3 Å². The molecule has 3 N–H and O–H groups in total. The Morgan fingerprint density at radius 2 is 2.19 bits per heavy atom. The zero-order valence-electron chi connectivity index (χ0n) is 12.3. The lowest BCUT2D eigenvalue weighted by Crippen LogP contribution is -2.41. The second-order valence-electron chi connectivity index (χ2n) is 4.86. The van der Waals surface area contributed by atoms with Crippen molar-refractivity contribution in [2.75, 3.05) is 11.9 Å². The van der Waals surface area contributed by atoms with Crippen LogP contribution in [0, 0.1) is 5.41 Å². The Balaban J connectivity index is 2.30. The minimum Gasteiger partial charge on any atom is -0.329 e. The van der Waals surface area contributed by atoms with Crippen molar-refractivity contribution < 1.29 is 4.79 Å². The summed E-state index contributed by atoms with van der Waals surface area (Å²) < 4.78 is 1.51. The summed E-state index contributed by atoms with van der Waals surface area (Å²) in [6.45, 7) is 4.25. The third kappa shape index (κ3) is 2.92. The predicted molar refractivity (Wildman–Crippen MR) is 79.9 cm³/mol. The molecule has 0 aliphatic rings. The van der Waals surface area contributed by atoms with Gasteiger partial charge in [-0.15, -0.1) is 0 Å². The highest BCUT2D eigenvalue weighted by Crippen LogP contribution is 2.28. The summed E-state index contributed by atoms with van der Waals surface area (Å²) in [5.41, 5.74) is 5.84. The smallest absolute Gasteiger partial charge is 0.231 e. The summed E-state index contributed by atoms with van der Waals surface area (Å²) in [6.07, 6.45) is 5.97. The minimum atomic E-state index is -0.560. The summed E-state index contributed by atoms with van der Waals surface area (Å²) >= 11 is 0. The molecule has 112 valence electrons. The predicted octanol–water partition coefficient (Wildman–Crippen LogP) is 1.37. The summed E-state index contributed by atoms with van der Waals surface area (Å²) in [5, 5.41) is 6.97. The van der Waals surface area contributed by atoms with Gasteiger partial charge in [-0.3, -0.25) is 4.79 Å². The minimum absolute atomic E-state index is 0.0932. The van der Waals surface area contributed by atoms with Gasteiger partial charge in [-0.25, -0.2) is 14.6 Å². The molecule has 0 saturated carbocycles. The van der Waals surface area contributed by atoms with E-state index < -0.39 is 5.41 Å². The van der Waals surface area contributed by atoms with Crippen LogP contribution in [-0.2, 0) is 4.79 Å². The second kappa shape index (κ2) is 6.45. The van der Waals surface area contributed by atoms with Gasteiger partial charge in [0.25, 0.3) is 0 Å². The van der Waals surface area contributed by atoms with Crippen LogP contribution in [0.4, 0.5) is 5.69 Å². The standard InChI is InChI=1S/C14H20N6O/c1-3-14(4-2,8-15)13(21)19-11-6-5-7-17-12(11)20-10-16-9-18-20/h5-7,9-10H,3-4,8,15H2,1-2H3,(H,19,21). The third-order valence-corrected chi connectivity index (χ3v) is 3.90. The Morgan fingerprint density at radius 1 is 1.43 bits per heavy atom. The summed E-state index contributed by atoms with van der Waals surface area (Å²) in [4.78, 5) is 20.7. The number of anilines is 1. The van der Waals surface area contributed by atoms with E-state index in [1.807, 2.05) is 13.8 Å². The maximum atomic E-state index is 12.6. The lowest BCUT2D eigenvalue weighted by Gasteiger charge is -2.28. The molecular weight excluding hydrogens is 268 g/mol. The average molecular weight is 288 g/mol. The van der Waals surface area contributed by atoms with Gasteiger partial charge in [-0.1, -0.05) is 13.8 Å². The number of pyridine rings is 1. The van der Waals surface area contributed by atoms with E-state index in [9.17, 15) is 4.79 Å². The van der Waals surface area contributed by atoms with Gasteiger partial charge in [0.05, 0.1) is 11.1 Å². The van der Waals surface area contributed by atoms with Crippen LogP contribution >= 0.6 is 0 Å². The van der Waals surface area contributed by atoms with Crippen molar-refractivity contribution in [1.82, 2.24) is 19.7 Å². The lowest BCUT2D eigenvalue weighted by atomic mass is 9.81. The molecule has 0 fully saturated rings. The van der Waals surface area contributed by atoms with Crippen molar-refractivity contribution in [2.24, 2.45) is 11.1 Å². The Labute approximate surface area is 123 Å². The SMILES string of the molecule is CCC(CC)(CN)C(=O)Nc1cccnc1-n1cncn1. The molecule has 7 nitrogen and oxygen atoms in total. The van der Waals surface area contributed by atoms with Crippen LogP contribution in [0.2, 0.25) is 0 Å². The number of carbonyl (C=O) groups excluding carboxylic acids is 1. The molecule has 0 spiro atoms. The number of nitrogens with zero attached hydrogens (tertiary/aromatic N) is 4. The van der Waals surface area contributed by atoms with Gasteiger partial charge in [0.1, 0.15) is 12.7 Å². The number of nitrogens with two attached hydrogens (primary N) is 1. The van der Waals surface area contributed by atoms with Crippen LogP contribution < -0.4 is 11.1 Å². The Bertz CT molecular complexity index is 583. The second-order valence-corrected chi connectivity index (χ2v) is 4.86. The largest absolute Gasteiger partial charge is 0.329 e. The van der Waals surface area contributed by atoms with Crippen molar-refractivity contribution in [3.63, 3.8) is 0 Å². The molecule has 2 aromatic rings. The van der Waals surface area contributed by atoms with Gasteiger partial charge in [-0.2, -0.15) is 5.10 Å². The van der Waals surface area contributed by atoms with Gasteiger partial charge in [0.15, 0.2) is 5.82 Å². The molecule has 0 atom stereocenters. The maximum Gasteiger partial charge on any atom is 0.231 e. The van der Waals surface area contributed by atoms with Crippen LogP contribution in [0.5, 0.6) is 0 Å². The van der Waals surface area contributed by atoms with Crippen molar-refractivity contribution in [3.8, 4) is 5.82 Å². The first-order valence-corrected chi connectivity index (χ1v) is 6.98. The normalized spacial score (nSPS) is 11.4. The summed E-state index contributed by atoms with van der Waals surface area (Å²) in [5.74, 6) is 0.436. The van der Waals surface area contributed by atoms with E-state index in [0.717, 1.165) is 0 Å². The number of aromatic nitrogens is 4. The number of hydrogen-bond acceptors (Lipinski definition) is 5. The third-order valence-electron chi connectivity index (χ3n) is 3.90. The zero-order valence-corrected chi connectivity index (χ0v) is 12.3. The van der Waals surface area contributed by atoms with Gasteiger partial charge < -0.3 is 11.1 Å². The molecule has 1 amide bonds. The van der Waals surface area contributed by atoms with Crippen molar-refractivity contribution >= 4 is 11.6 Å². The van der Waals surface area contributed by atoms with E-state index in [1.165, 1.54) is 17.3 Å². The Hall–Kier alpha value is -2.28. The highest BCUT2D eigenvalue weighted by molar-refractivity contribution is 5.96. The summed E-state index contributed by atoms with van der Waals surface area (Å²) in [7, 11) is 0. The summed E-state index contributed by atoms with van der Waals surface area (Å²) in [6, 6.07) is 3.55. The first-order valence-electron chi connectivity index (χ1n) is 6.98. The molecule has 21 heavy (non-hydrogen) atoms. The van der Waals surface area contributed by atoms with E-state index in [0.29, 0.717) is 30.9 Å². The monoisotopic (exact) mass is 288 g/mol. The number of hydrogen-bond donors (Lipinski definition) is 2. The first kappa shape index (κ1) is 15.1. The van der Waals surface area contributed by atoms with Gasteiger partial charge in [0.2, 0.25) is 5.91 Å². The number of amides is 1. The first-order chi connectivity index (χ1) is 10.2. The fourth-order valence-corrected chi connectivity index (χ4v) is 2.20. The maximum absolute atomic E-state index is 12.6. The molecule has 0 bridgehead atoms. The number of carbonyl (C=O) groups is 1. The van der Waals surface area contributed by atoms with Gasteiger partial charge in [-0.05, 0) is 25.0 Å². The topological polar surface area (TPSA) is 98.7 Å². The van der Waals surface area contributed by atoms with Crippen molar-refractivity contribution in [2.45, 2.75) is 26.7 Å². The Morgan fingerprint density at radius 3 is 2.76 bits per heavy atom. The van der Waals surface area contributed by atoms with E-state index in [4.69, 9.17) is 5.73 Å². The molecular formula is C14H20N6O. The number of rotatable bonds is 6. The van der Waals surface area contributed by atoms with Crippen LogP contribution in [-0.4, -0.2) is 32.2 Å². The highest BCUT2D eigenvalue weighted by atomic mass is 16.2. The number of nitrogens with one attached hydrogen (secondary N) is 1. The van der Waals surface area contributed by atoms with Crippen LogP contribution in [0.15, 0.2) is 31.0 Å². The molecule has 0 radical (unpaired) electrons. The van der Waals surface area contributed by atoms with Crippen LogP contribution in [0.1, 0.15) is 26.7 Å². The molecule has 0 saturated heterocycles. The Kier molecular flexibility index (Phi) is 4.64. The van der Waals surface area contributed by atoms with E-state index in [2.05, 4.69) is 20.4 Å². The van der Waals surface area contributed by atoms with Crippen LogP contribution in [0.3, 0.4) is 0 Å². The van der Waals surface area contributed by atoms with E-state index >= 15 is 0 Å². The molecule has 0 aliphatic heterocycles. The molecule has 7 heteroatoms. The fourth-order valence-electron chi connectivity index (χ4n) is 2.20. The average Bonchev–Trinajstić information content (AvgIpc) is 3.04. The molecule has 0 aromatic carbocycles. The van der Waals surface area contributed by atoms with Crippen molar-refractivity contribution in [3.05, 3.63) is 31.0 Å². The van der Waals surface area contributed by atoms with E-state index in [-0.39, 0.29) is 5.91 Å².